The first-order valence-corrected chi connectivity index (χ1v) is 7.84. The van der Waals surface area contributed by atoms with Crippen LogP contribution in [0.15, 0.2) is 47.7 Å². The molecule has 0 amide bonds. The van der Waals surface area contributed by atoms with E-state index >= 15 is 0 Å². The average molecular weight is 328 g/mol. The number of benzene rings is 1. The van der Waals surface area contributed by atoms with Crippen molar-refractivity contribution in [2.45, 2.75) is 32.6 Å². The zero-order valence-electron chi connectivity index (χ0n) is 13.7. The van der Waals surface area contributed by atoms with E-state index in [1.54, 1.807) is 4.68 Å². The minimum Gasteiger partial charge on any atom is -0.389 e. The van der Waals surface area contributed by atoms with Crippen molar-refractivity contribution in [1.29, 1.82) is 0 Å². The number of nitrogens with zero attached hydrogens (tertiary/aromatic N) is 4. The normalized spacial score (nSPS) is 12.8. The second kappa shape index (κ2) is 6.94. The van der Waals surface area contributed by atoms with Crippen LogP contribution in [0, 0.1) is 0 Å². The highest BCUT2D eigenvalue weighted by molar-refractivity contribution is 5.74. The van der Waals surface area contributed by atoms with E-state index in [4.69, 9.17) is 4.74 Å². The molecule has 24 heavy (non-hydrogen) atoms. The van der Waals surface area contributed by atoms with Gasteiger partial charge in [0.1, 0.15) is 11.7 Å². The quantitative estimate of drug-likeness (QED) is 0.739. The first-order valence-electron chi connectivity index (χ1n) is 7.84. The largest absolute Gasteiger partial charge is 0.389 e. The van der Waals surface area contributed by atoms with Crippen LogP contribution in [0.3, 0.4) is 0 Å². The third kappa shape index (κ3) is 3.37. The number of aromatic nitrogens is 4. The van der Waals surface area contributed by atoms with Crippen molar-refractivity contribution < 1.29 is 9.84 Å². The van der Waals surface area contributed by atoms with E-state index in [9.17, 15) is 9.90 Å². The van der Waals surface area contributed by atoms with Crippen LogP contribution < -0.4 is 5.56 Å². The monoisotopic (exact) mass is 328 g/mol. The van der Waals surface area contributed by atoms with Gasteiger partial charge in [-0.05, 0) is 26.0 Å². The lowest BCUT2D eigenvalue weighted by atomic mass is 10.3. The second-order valence-corrected chi connectivity index (χ2v) is 5.87. The van der Waals surface area contributed by atoms with Crippen molar-refractivity contribution in [2.24, 2.45) is 0 Å². The van der Waals surface area contributed by atoms with Gasteiger partial charge in [0.25, 0.3) is 5.56 Å². The molecule has 0 aliphatic rings. The molecule has 0 aliphatic carbocycles. The Morgan fingerprint density at radius 2 is 2.00 bits per heavy atom. The molecule has 126 valence electrons. The van der Waals surface area contributed by atoms with Crippen LogP contribution in [0.1, 0.15) is 13.8 Å². The number of hydrogen-bond acceptors (Lipinski definition) is 5. The molecular weight excluding hydrogens is 308 g/mol. The number of aliphatic hydroxyl groups excluding tert-OH is 1. The summed E-state index contributed by atoms with van der Waals surface area (Å²) in [6.07, 6.45) is 2.20. The van der Waals surface area contributed by atoms with E-state index in [1.807, 2.05) is 44.2 Å². The fourth-order valence-electron chi connectivity index (χ4n) is 2.42. The van der Waals surface area contributed by atoms with Crippen LogP contribution >= 0.6 is 0 Å². The zero-order chi connectivity index (χ0) is 17.1. The lowest BCUT2D eigenvalue weighted by molar-refractivity contribution is -0.00111. The van der Waals surface area contributed by atoms with Crippen molar-refractivity contribution in [3.8, 4) is 5.69 Å². The van der Waals surface area contributed by atoms with Gasteiger partial charge in [0, 0.05) is 0 Å². The summed E-state index contributed by atoms with van der Waals surface area (Å²) in [5, 5.41) is 14.7. The molecule has 1 atom stereocenters. The molecule has 1 N–H and O–H groups in total. The maximum atomic E-state index is 12.6. The lowest BCUT2D eigenvalue weighted by Crippen LogP contribution is -2.30. The number of rotatable bonds is 6. The molecule has 3 aromatic rings. The fourth-order valence-corrected chi connectivity index (χ4v) is 2.42. The number of fused-ring (bicyclic) bond motifs is 1. The zero-order valence-corrected chi connectivity index (χ0v) is 13.7. The highest BCUT2D eigenvalue weighted by atomic mass is 16.5. The molecule has 0 fully saturated rings. The molecule has 0 aliphatic heterocycles. The van der Waals surface area contributed by atoms with E-state index in [0.717, 1.165) is 5.69 Å². The molecular formula is C17H20N4O3. The van der Waals surface area contributed by atoms with Crippen molar-refractivity contribution in [3.05, 3.63) is 53.2 Å². The molecule has 1 unspecified atom stereocenters. The number of aliphatic hydroxyl groups is 1. The number of para-hydroxylation sites is 1. The Labute approximate surface area is 139 Å². The smallest absolute Gasteiger partial charge is 0.264 e. The molecule has 3 rings (SSSR count). The van der Waals surface area contributed by atoms with Gasteiger partial charge in [0.05, 0.1) is 37.2 Å². The summed E-state index contributed by atoms with van der Waals surface area (Å²) in [5.74, 6) is 0. The third-order valence-corrected chi connectivity index (χ3v) is 3.58. The standard InChI is InChI=1S/C17H20N4O3/c1-12(2)24-10-14(22)9-20-11-18-16-15(17(20)23)8-19-21(16)13-6-4-3-5-7-13/h3-8,11-12,14,22H,9-10H2,1-2H3. The van der Waals surface area contributed by atoms with Gasteiger partial charge in [-0.25, -0.2) is 9.67 Å². The van der Waals surface area contributed by atoms with Crippen molar-refractivity contribution in [1.82, 2.24) is 19.3 Å². The molecule has 2 heterocycles. The van der Waals surface area contributed by atoms with Crippen LogP contribution in [0.25, 0.3) is 16.7 Å². The molecule has 0 spiro atoms. The summed E-state index contributed by atoms with van der Waals surface area (Å²) in [4.78, 5) is 16.9. The van der Waals surface area contributed by atoms with Gasteiger partial charge in [-0.1, -0.05) is 18.2 Å². The summed E-state index contributed by atoms with van der Waals surface area (Å²) >= 11 is 0. The highest BCUT2D eigenvalue weighted by Gasteiger charge is 2.14. The van der Waals surface area contributed by atoms with E-state index in [-0.39, 0.29) is 24.8 Å². The van der Waals surface area contributed by atoms with E-state index in [2.05, 4.69) is 10.1 Å². The lowest BCUT2D eigenvalue weighted by Gasteiger charge is -2.14. The third-order valence-electron chi connectivity index (χ3n) is 3.58. The Morgan fingerprint density at radius 3 is 2.71 bits per heavy atom. The number of ether oxygens (including phenoxy) is 1. The SMILES string of the molecule is CC(C)OCC(O)Cn1cnc2c(cnn2-c2ccccc2)c1=O. The Bertz CT molecular complexity index is 870. The van der Waals surface area contributed by atoms with Crippen molar-refractivity contribution >= 4 is 11.0 Å². The Morgan fingerprint density at radius 1 is 1.25 bits per heavy atom. The second-order valence-electron chi connectivity index (χ2n) is 5.87. The van der Waals surface area contributed by atoms with Crippen LogP contribution in [0.2, 0.25) is 0 Å². The van der Waals surface area contributed by atoms with Gasteiger partial charge in [-0.3, -0.25) is 9.36 Å². The molecule has 0 radical (unpaired) electrons. The summed E-state index contributed by atoms with van der Waals surface area (Å²) in [6, 6.07) is 9.50. The van der Waals surface area contributed by atoms with Gasteiger partial charge >= 0.3 is 0 Å². The fraction of sp³-hybridized carbons (Fsp3) is 0.353. The highest BCUT2D eigenvalue weighted by Crippen LogP contribution is 2.13. The maximum absolute atomic E-state index is 12.6. The molecule has 1 aromatic carbocycles. The predicted molar refractivity (Wildman–Crippen MR) is 90.2 cm³/mol. The Balaban J connectivity index is 1.88. The number of hydrogen-bond donors (Lipinski definition) is 1. The molecule has 0 saturated carbocycles. The molecule has 2 aromatic heterocycles. The van der Waals surface area contributed by atoms with E-state index in [1.165, 1.54) is 17.1 Å². The first-order chi connectivity index (χ1) is 11.6. The van der Waals surface area contributed by atoms with Crippen LogP contribution in [-0.2, 0) is 11.3 Å². The Kier molecular flexibility index (Phi) is 4.73. The topological polar surface area (TPSA) is 82.2 Å². The van der Waals surface area contributed by atoms with E-state index < -0.39 is 6.10 Å². The minimum atomic E-state index is -0.770. The summed E-state index contributed by atoms with van der Waals surface area (Å²) in [5.41, 5.74) is 1.10. The first kappa shape index (κ1) is 16.4. The predicted octanol–water partition coefficient (Wildman–Crippen LogP) is 1.37. The minimum absolute atomic E-state index is 0.0288. The van der Waals surface area contributed by atoms with Crippen LogP contribution in [0.4, 0.5) is 0 Å². The summed E-state index contributed by atoms with van der Waals surface area (Å²) in [6.45, 7) is 4.09. The van der Waals surface area contributed by atoms with Gasteiger partial charge < -0.3 is 9.84 Å². The molecule has 7 heteroatoms. The summed E-state index contributed by atoms with van der Waals surface area (Å²) in [7, 11) is 0. The Hall–Kier alpha value is -2.51. The average Bonchev–Trinajstić information content (AvgIpc) is 3.01. The van der Waals surface area contributed by atoms with Gasteiger partial charge in [0.2, 0.25) is 0 Å². The van der Waals surface area contributed by atoms with Crippen molar-refractivity contribution in [2.75, 3.05) is 6.61 Å². The molecule has 0 saturated heterocycles. The van der Waals surface area contributed by atoms with Crippen LogP contribution in [0.5, 0.6) is 0 Å². The van der Waals surface area contributed by atoms with E-state index in [0.29, 0.717) is 11.0 Å². The molecule has 7 nitrogen and oxygen atoms in total. The maximum Gasteiger partial charge on any atom is 0.264 e. The van der Waals surface area contributed by atoms with Gasteiger partial charge in [-0.2, -0.15) is 5.10 Å². The summed E-state index contributed by atoms with van der Waals surface area (Å²) < 4.78 is 8.37. The van der Waals surface area contributed by atoms with Gasteiger partial charge in [-0.15, -0.1) is 0 Å². The van der Waals surface area contributed by atoms with Gasteiger partial charge in [0.15, 0.2) is 5.65 Å². The van der Waals surface area contributed by atoms with Crippen LogP contribution in [-0.4, -0.2) is 43.3 Å². The molecule has 0 bridgehead atoms. The van der Waals surface area contributed by atoms with Crippen molar-refractivity contribution in [3.63, 3.8) is 0 Å².